The van der Waals surface area contributed by atoms with Crippen molar-refractivity contribution in [1.29, 1.82) is 0 Å². The number of carbonyl (C=O) groups is 2. The summed E-state index contributed by atoms with van der Waals surface area (Å²) in [7, 11) is -3.90. The summed E-state index contributed by atoms with van der Waals surface area (Å²) in [5, 5.41) is 0. The van der Waals surface area contributed by atoms with Crippen molar-refractivity contribution >= 4 is 19.7 Å². The standard InChI is InChI=1S/C39H74NO7P/c1-3-5-7-9-11-13-15-17-18-20-22-24-26-28-30-32-39(42)47-37(36-46-48(43,44)40-33-34-40)35-45-38(41)31-29-27-25-23-21-19-16-14-12-10-8-6-4-2/h17-18,37H,3-16,19-36H2,1-2H3,(H,43,44)/b18-17-/t37-/m1/s1. The van der Waals surface area contributed by atoms with Gasteiger partial charge in [0.05, 0.1) is 6.61 Å². The van der Waals surface area contributed by atoms with Crippen LogP contribution in [0.25, 0.3) is 0 Å². The minimum atomic E-state index is -3.90. The first-order valence-corrected chi connectivity index (χ1v) is 21.6. The third kappa shape index (κ3) is 28.6. The Kier molecular flexibility index (Phi) is 29.6. The zero-order valence-electron chi connectivity index (χ0n) is 31.2. The molecule has 0 aromatic heterocycles. The number of allylic oxidation sites excluding steroid dienone is 2. The lowest BCUT2D eigenvalue weighted by Crippen LogP contribution is -2.29. The number of esters is 2. The molecule has 1 unspecified atom stereocenters. The van der Waals surface area contributed by atoms with Crippen LogP contribution in [0.3, 0.4) is 0 Å². The van der Waals surface area contributed by atoms with Crippen LogP contribution < -0.4 is 0 Å². The van der Waals surface area contributed by atoms with Crippen LogP contribution in [0, 0.1) is 0 Å². The molecule has 0 amide bonds. The summed E-state index contributed by atoms with van der Waals surface area (Å²) in [5.74, 6) is -0.734. The van der Waals surface area contributed by atoms with Crippen molar-refractivity contribution in [3.8, 4) is 0 Å². The molecule has 0 radical (unpaired) electrons. The topological polar surface area (TPSA) is 102 Å². The number of hydrogen-bond acceptors (Lipinski definition) is 6. The fourth-order valence-corrected chi connectivity index (χ4v) is 6.92. The molecule has 8 nitrogen and oxygen atoms in total. The molecular weight excluding hydrogens is 625 g/mol. The van der Waals surface area contributed by atoms with Crippen LogP contribution in [0.4, 0.5) is 0 Å². The molecule has 0 aromatic rings. The van der Waals surface area contributed by atoms with Gasteiger partial charge in [0, 0.05) is 25.9 Å². The average Bonchev–Trinajstić information content (AvgIpc) is 3.93. The van der Waals surface area contributed by atoms with Gasteiger partial charge >= 0.3 is 19.7 Å². The fourth-order valence-electron chi connectivity index (χ4n) is 5.81. The predicted octanol–water partition coefficient (Wildman–Crippen LogP) is 11.4. The van der Waals surface area contributed by atoms with Crippen LogP contribution in [0.1, 0.15) is 194 Å². The van der Waals surface area contributed by atoms with Gasteiger partial charge in [-0.25, -0.2) is 9.24 Å². The molecule has 1 heterocycles. The van der Waals surface area contributed by atoms with Crippen molar-refractivity contribution in [2.45, 2.75) is 200 Å². The van der Waals surface area contributed by atoms with Crippen molar-refractivity contribution in [1.82, 2.24) is 4.67 Å². The molecule has 48 heavy (non-hydrogen) atoms. The van der Waals surface area contributed by atoms with Crippen molar-refractivity contribution in [3.63, 3.8) is 0 Å². The molecule has 2 atom stereocenters. The number of carbonyl (C=O) groups excluding carboxylic acids is 2. The highest BCUT2D eigenvalue weighted by atomic mass is 31.2. The zero-order valence-corrected chi connectivity index (χ0v) is 32.0. The van der Waals surface area contributed by atoms with E-state index in [2.05, 4.69) is 26.0 Å². The third-order valence-electron chi connectivity index (χ3n) is 9.07. The van der Waals surface area contributed by atoms with E-state index in [4.69, 9.17) is 14.0 Å². The van der Waals surface area contributed by atoms with Gasteiger partial charge in [0.15, 0.2) is 6.10 Å². The van der Waals surface area contributed by atoms with Gasteiger partial charge in [0.1, 0.15) is 6.61 Å². The molecule has 1 rings (SSSR count). The van der Waals surface area contributed by atoms with Gasteiger partial charge in [-0.1, -0.05) is 154 Å². The van der Waals surface area contributed by atoms with E-state index < -0.39 is 19.8 Å². The molecule has 0 spiro atoms. The van der Waals surface area contributed by atoms with E-state index in [1.165, 1.54) is 120 Å². The number of hydrogen-bond donors (Lipinski definition) is 1. The van der Waals surface area contributed by atoms with Gasteiger partial charge in [-0.05, 0) is 38.5 Å². The Balaban J connectivity index is 2.15. The maximum atomic E-state index is 12.5. The van der Waals surface area contributed by atoms with Crippen LogP contribution in [-0.2, 0) is 28.2 Å². The second-order valence-electron chi connectivity index (χ2n) is 13.9. The number of unbranched alkanes of at least 4 members (excludes halogenated alkanes) is 23. The van der Waals surface area contributed by atoms with Gasteiger partial charge < -0.3 is 14.4 Å². The summed E-state index contributed by atoms with van der Waals surface area (Å²) in [6.07, 6.45) is 35.8. The van der Waals surface area contributed by atoms with Gasteiger partial charge in [0.25, 0.3) is 0 Å². The number of nitrogens with zero attached hydrogens (tertiary/aromatic N) is 1. The second-order valence-corrected chi connectivity index (χ2v) is 15.7. The highest BCUT2D eigenvalue weighted by Gasteiger charge is 2.39. The fraction of sp³-hybridized carbons (Fsp3) is 0.897. The summed E-state index contributed by atoms with van der Waals surface area (Å²) in [6, 6.07) is 0. The summed E-state index contributed by atoms with van der Waals surface area (Å²) in [4.78, 5) is 35.0. The predicted molar refractivity (Wildman–Crippen MR) is 198 cm³/mol. The SMILES string of the molecule is CCCCCCCC/C=C\CCCCCCCC(=O)O[C@H](COC(=O)CCCCCCCCCCCCCCC)COP(=O)(O)N1CC1. The monoisotopic (exact) mass is 700 g/mol. The molecule has 1 aliphatic heterocycles. The lowest BCUT2D eigenvalue weighted by atomic mass is 10.0. The Hall–Kier alpha value is -1.21. The molecule has 0 saturated carbocycles. The number of ether oxygens (including phenoxy) is 2. The molecule has 1 saturated heterocycles. The highest BCUT2D eigenvalue weighted by Crippen LogP contribution is 2.50. The maximum absolute atomic E-state index is 12.5. The summed E-state index contributed by atoms with van der Waals surface area (Å²) in [6.45, 7) is 5.05. The Morgan fingerprint density at radius 1 is 0.604 bits per heavy atom. The van der Waals surface area contributed by atoms with Crippen LogP contribution in [-0.4, -0.2) is 53.9 Å². The molecule has 0 aliphatic carbocycles. The maximum Gasteiger partial charge on any atom is 0.405 e. The van der Waals surface area contributed by atoms with Crippen LogP contribution in [0.2, 0.25) is 0 Å². The summed E-state index contributed by atoms with van der Waals surface area (Å²) in [5.41, 5.74) is 0. The first kappa shape index (κ1) is 44.8. The van der Waals surface area contributed by atoms with Crippen molar-refractivity contribution in [3.05, 3.63) is 12.2 Å². The van der Waals surface area contributed by atoms with Crippen LogP contribution in [0.15, 0.2) is 12.2 Å². The van der Waals surface area contributed by atoms with Gasteiger partial charge in [-0.15, -0.1) is 0 Å². The van der Waals surface area contributed by atoms with Crippen molar-refractivity contribution < 1.29 is 33.0 Å². The quantitative estimate of drug-likeness (QED) is 0.0227. The van der Waals surface area contributed by atoms with E-state index >= 15 is 0 Å². The molecule has 0 aromatic carbocycles. The largest absolute Gasteiger partial charge is 0.462 e. The minimum absolute atomic E-state index is 0.171. The van der Waals surface area contributed by atoms with E-state index in [1.807, 2.05) is 0 Å². The van der Waals surface area contributed by atoms with E-state index in [9.17, 15) is 19.0 Å². The number of rotatable bonds is 36. The van der Waals surface area contributed by atoms with Gasteiger partial charge in [-0.3, -0.25) is 14.1 Å². The Morgan fingerprint density at radius 3 is 1.44 bits per heavy atom. The van der Waals surface area contributed by atoms with E-state index in [0.717, 1.165) is 51.4 Å². The lowest BCUT2D eigenvalue weighted by molar-refractivity contribution is -0.161. The minimum Gasteiger partial charge on any atom is -0.462 e. The van der Waals surface area contributed by atoms with Crippen molar-refractivity contribution in [2.75, 3.05) is 26.3 Å². The molecule has 1 fully saturated rings. The molecule has 282 valence electrons. The lowest BCUT2D eigenvalue weighted by Gasteiger charge is -2.20. The first-order chi connectivity index (χ1) is 23.4. The molecule has 1 aliphatic rings. The zero-order chi connectivity index (χ0) is 35.0. The van der Waals surface area contributed by atoms with Gasteiger partial charge in [-0.2, -0.15) is 0 Å². The van der Waals surface area contributed by atoms with Crippen LogP contribution >= 0.6 is 7.75 Å². The van der Waals surface area contributed by atoms with Crippen LogP contribution in [0.5, 0.6) is 0 Å². The second kappa shape index (κ2) is 31.7. The van der Waals surface area contributed by atoms with Gasteiger partial charge in [0.2, 0.25) is 0 Å². The van der Waals surface area contributed by atoms with E-state index in [1.54, 1.807) is 0 Å². The molecular formula is C39H74NO7P. The Labute approximate surface area is 295 Å². The molecule has 1 N–H and O–H groups in total. The summed E-state index contributed by atoms with van der Waals surface area (Å²) < 4.78 is 29.8. The van der Waals surface area contributed by atoms with Crippen molar-refractivity contribution in [2.24, 2.45) is 0 Å². The Bertz CT molecular complexity index is 848. The highest BCUT2D eigenvalue weighted by molar-refractivity contribution is 7.50. The smallest absolute Gasteiger partial charge is 0.405 e. The molecule has 0 bridgehead atoms. The molecule has 9 heteroatoms. The third-order valence-corrected chi connectivity index (χ3v) is 10.7. The van der Waals surface area contributed by atoms with E-state index in [-0.39, 0.29) is 25.6 Å². The average molecular weight is 700 g/mol. The van der Waals surface area contributed by atoms with E-state index in [0.29, 0.717) is 19.5 Å². The first-order valence-electron chi connectivity index (χ1n) is 20.1. The summed E-state index contributed by atoms with van der Waals surface area (Å²) >= 11 is 0. The normalized spacial score (nSPS) is 15.1. The Morgan fingerprint density at radius 2 is 1.00 bits per heavy atom.